The normalized spacial score (nSPS) is 19.2. The van der Waals surface area contributed by atoms with Gasteiger partial charge < -0.3 is 5.11 Å². The SMILES string of the molecule is O=C(O)C1CCCN1S(=O)(=O)CCc1ccc([N+](=O)[O-])cc1. The van der Waals surface area contributed by atoms with Crippen LogP contribution in [0.1, 0.15) is 18.4 Å². The van der Waals surface area contributed by atoms with Crippen LogP contribution < -0.4 is 0 Å². The Kier molecular flexibility index (Phi) is 4.77. The third kappa shape index (κ3) is 3.60. The van der Waals surface area contributed by atoms with Crippen molar-refractivity contribution in [2.45, 2.75) is 25.3 Å². The maximum absolute atomic E-state index is 12.3. The van der Waals surface area contributed by atoms with Gasteiger partial charge in [0.1, 0.15) is 6.04 Å². The Labute approximate surface area is 127 Å². The Balaban J connectivity index is 2.03. The van der Waals surface area contributed by atoms with Gasteiger partial charge in [0, 0.05) is 18.7 Å². The maximum Gasteiger partial charge on any atom is 0.322 e. The van der Waals surface area contributed by atoms with E-state index >= 15 is 0 Å². The van der Waals surface area contributed by atoms with Gasteiger partial charge in [-0.25, -0.2) is 8.42 Å². The van der Waals surface area contributed by atoms with E-state index < -0.39 is 27.0 Å². The third-order valence-corrected chi connectivity index (χ3v) is 5.51. The standard InChI is InChI=1S/C13H16N2O6S/c16-13(17)12-2-1-8-14(12)22(20,21)9-7-10-3-5-11(6-4-10)15(18)19/h3-6,12H,1-2,7-9H2,(H,16,17). The summed E-state index contributed by atoms with van der Waals surface area (Å²) in [6.07, 6.45) is 1.04. The van der Waals surface area contributed by atoms with Gasteiger partial charge in [-0.15, -0.1) is 0 Å². The highest BCUT2D eigenvalue weighted by Crippen LogP contribution is 2.22. The van der Waals surface area contributed by atoms with E-state index in [4.69, 9.17) is 5.11 Å². The number of aliphatic carboxylic acids is 1. The molecule has 0 saturated carbocycles. The van der Waals surface area contributed by atoms with E-state index in [1.54, 1.807) is 0 Å². The average molecular weight is 328 g/mol. The number of sulfonamides is 1. The fourth-order valence-electron chi connectivity index (χ4n) is 2.47. The zero-order chi connectivity index (χ0) is 16.3. The molecule has 8 nitrogen and oxygen atoms in total. The van der Waals surface area contributed by atoms with Crippen molar-refractivity contribution in [1.82, 2.24) is 4.31 Å². The molecule has 120 valence electrons. The van der Waals surface area contributed by atoms with Gasteiger partial charge in [0.2, 0.25) is 10.0 Å². The molecule has 1 aromatic rings. The van der Waals surface area contributed by atoms with E-state index in [0.29, 0.717) is 18.4 Å². The number of benzene rings is 1. The van der Waals surface area contributed by atoms with Gasteiger partial charge in [0.05, 0.1) is 10.7 Å². The highest BCUT2D eigenvalue weighted by Gasteiger charge is 2.38. The molecule has 0 aliphatic carbocycles. The highest BCUT2D eigenvalue weighted by molar-refractivity contribution is 7.89. The molecule has 1 atom stereocenters. The number of aryl methyl sites for hydroxylation is 1. The number of nitro groups is 1. The molecule has 1 aliphatic heterocycles. The Morgan fingerprint density at radius 1 is 1.36 bits per heavy atom. The highest BCUT2D eigenvalue weighted by atomic mass is 32.2. The van der Waals surface area contributed by atoms with Crippen LogP contribution >= 0.6 is 0 Å². The van der Waals surface area contributed by atoms with Crippen LogP contribution in [-0.2, 0) is 21.2 Å². The second-order valence-corrected chi connectivity index (χ2v) is 7.14. The first-order chi connectivity index (χ1) is 10.3. The number of hydrogen-bond acceptors (Lipinski definition) is 5. The first-order valence-electron chi connectivity index (χ1n) is 6.77. The number of carboxylic acids is 1. The van der Waals surface area contributed by atoms with E-state index in [1.807, 2.05) is 0 Å². The molecule has 0 spiro atoms. The average Bonchev–Trinajstić information content (AvgIpc) is 2.96. The summed E-state index contributed by atoms with van der Waals surface area (Å²) in [6.45, 7) is 0.222. The summed E-state index contributed by atoms with van der Waals surface area (Å²) < 4.78 is 25.5. The molecule has 0 radical (unpaired) electrons. The molecule has 1 N–H and O–H groups in total. The van der Waals surface area contributed by atoms with Gasteiger partial charge in [-0.2, -0.15) is 4.31 Å². The molecule has 9 heteroatoms. The summed E-state index contributed by atoms with van der Waals surface area (Å²) in [7, 11) is -3.66. The predicted octanol–water partition coefficient (Wildman–Crippen LogP) is 1.02. The van der Waals surface area contributed by atoms with Gasteiger partial charge in [-0.3, -0.25) is 14.9 Å². The molecule has 1 aromatic carbocycles. The molecular weight excluding hydrogens is 312 g/mol. The third-order valence-electron chi connectivity index (χ3n) is 3.64. The lowest BCUT2D eigenvalue weighted by Crippen LogP contribution is -2.41. The maximum atomic E-state index is 12.3. The monoisotopic (exact) mass is 328 g/mol. The number of nitrogens with zero attached hydrogens (tertiary/aromatic N) is 2. The first kappa shape index (κ1) is 16.4. The lowest BCUT2D eigenvalue weighted by Gasteiger charge is -2.20. The first-order valence-corrected chi connectivity index (χ1v) is 8.38. The Bertz CT molecular complexity index is 670. The zero-order valence-electron chi connectivity index (χ0n) is 11.7. The molecule has 2 rings (SSSR count). The summed E-state index contributed by atoms with van der Waals surface area (Å²) in [4.78, 5) is 21.1. The number of nitro benzene ring substituents is 1. The topological polar surface area (TPSA) is 118 Å². The van der Waals surface area contributed by atoms with E-state index in [-0.39, 0.29) is 24.4 Å². The molecule has 1 saturated heterocycles. The van der Waals surface area contributed by atoms with Crippen molar-refractivity contribution in [3.63, 3.8) is 0 Å². The van der Waals surface area contributed by atoms with E-state index in [0.717, 1.165) is 4.31 Å². The molecule has 0 aromatic heterocycles. The number of rotatable bonds is 6. The van der Waals surface area contributed by atoms with Gasteiger partial charge in [0.15, 0.2) is 0 Å². The minimum atomic E-state index is -3.66. The number of non-ortho nitro benzene ring substituents is 1. The van der Waals surface area contributed by atoms with Crippen LogP contribution in [0.4, 0.5) is 5.69 Å². The van der Waals surface area contributed by atoms with Crippen LogP contribution in [0, 0.1) is 10.1 Å². The summed E-state index contributed by atoms with van der Waals surface area (Å²) in [5, 5.41) is 19.6. The fraction of sp³-hybridized carbons (Fsp3) is 0.462. The largest absolute Gasteiger partial charge is 0.480 e. The molecule has 22 heavy (non-hydrogen) atoms. The molecule has 1 heterocycles. The fourth-order valence-corrected chi connectivity index (χ4v) is 4.19. The van der Waals surface area contributed by atoms with Gasteiger partial charge in [-0.1, -0.05) is 12.1 Å². The summed E-state index contributed by atoms with van der Waals surface area (Å²) in [6, 6.07) is 4.66. The molecule has 0 amide bonds. The summed E-state index contributed by atoms with van der Waals surface area (Å²) in [5.74, 6) is -1.34. The minimum absolute atomic E-state index is 0.0582. The van der Waals surface area contributed by atoms with Crippen molar-refractivity contribution < 1.29 is 23.2 Å². The van der Waals surface area contributed by atoms with Crippen molar-refractivity contribution in [3.05, 3.63) is 39.9 Å². The number of hydrogen-bond donors (Lipinski definition) is 1. The van der Waals surface area contributed by atoms with Crippen LogP contribution in [0.25, 0.3) is 0 Å². The smallest absolute Gasteiger partial charge is 0.322 e. The summed E-state index contributed by atoms with van der Waals surface area (Å²) >= 11 is 0. The van der Waals surface area contributed by atoms with Crippen LogP contribution in [0.2, 0.25) is 0 Å². The minimum Gasteiger partial charge on any atom is -0.480 e. The predicted molar refractivity (Wildman–Crippen MR) is 78.0 cm³/mol. The Morgan fingerprint density at radius 2 is 2.00 bits per heavy atom. The van der Waals surface area contributed by atoms with Crippen molar-refractivity contribution in [2.24, 2.45) is 0 Å². The van der Waals surface area contributed by atoms with Gasteiger partial charge >= 0.3 is 5.97 Å². The molecule has 1 aliphatic rings. The van der Waals surface area contributed by atoms with E-state index in [2.05, 4.69) is 0 Å². The summed E-state index contributed by atoms with van der Waals surface area (Å²) in [5.41, 5.74) is 0.595. The number of carbonyl (C=O) groups is 1. The lowest BCUT2D eigenvalue weighted by atomic mass is 10.1. The van der Waals surface area contributed by atoms with Crippen molar-refractivity contribution >= 4 is 21.7 Å². The zero-order valence-corrected chi connectivity index (χ0v) is 12.5. The molecule has 0 bridgehead atoms. The Morgan fingerprint density at radius 3 is 2.55 bits per heavy atom. The van der Waals surface area contributed by atoms with Gasteiger partial charge in [0.25, 0.3) is 5.69 Å². The molecular formula is C13H16N2O6S. The van der Waals surface area contributed by atoms with Crippen molar-refractivity contribution in [3.8, 4) is 0 Å². The second-order valence-electron chi connectivity index (χ2n) is 5.10. The van der Waals surface area contributed by atoms with Crippen molar-refractivity contribution in [1.29, 1.82) is 0 Å². The number of carboxylic acid groups (broad SMARTS) is 1. The van der Waals surface area contributed by atoms with Crippen molar-refractivity contribution in [2.75, 3.05) is 12.3 Å². The second kappa shape index (κ2) is 6.41. The van der Waals surface area contributed by atoms with E-state index in [9.17, 15) is 23.3 Å². The van der Waals surface area contributed by atoms with Crippen LogP contribution in [0.5, 0.6) is 0 Å². The van der Waals surface area contributed by atoms with Crippen LogP contribution in [0.15, 0.2) is 24.3 Å². The molecule has 1 fully saturated rings. The lowest BCUT2D eigenvalue weighted by molar-refractivity contribution is -0.384. The quantitative estimate of drug-likeness (QED) is 0.615. The molecule has 1 unspecified atom stereocenters. The van der Waals surface area contributed by atoms with Crippen LogP contribution in [0.3, 0.4) is 0 Å². The van der Waals surface area contributed by atoms with E-state index in [1.165, 1.54) is 24.3 Å². The Hall–Kier alpha value is -2.00. The van der Waals surface area contributed by atoms with Crippen LogP contribution in [-0.4, -0.2) is 47.1 Å². The van der Waals surface area contributed by atoms with Gasteiger partial charge in [-0.05, 0) is 24.8 Å².